The lowest BCUT2D eigenvalue weighted by Gasteiger charge is -2.07. The predicted molar refractivity (Wildman–Crippen MR) is 80.7 cm³/mol. The lowest BCUT2D eigenvalue weighted by molar-refractivity contribution is 0.124. The molecule has 0 saturated carbocycles. The molecule has 1 atom stereocenters. The molecule has 0 bridgehead atoms. The summed E-state index contributed by atoms with van der Waals surface area (Å²) >= 11 is 0. The molecule has 0 N–H and O–H groups in total. The molecule has 0 radical (unpaired) electrons. The summed E-state index contributed by atoms with van der Waals surface area (Å²) in [7, 11) is -3.52. The van der Waals surface area contributed by atoms with Crippen molar-refractivity contribution in [3.8, 4) is 0 Å². The summed E-state index contributed by atoms with van der Waals surface area (Å²) in [6.45, 7) is 0.305. The molecule has 6 heteroatoms. The number of amides is 1. The van der Waals surface area contributed by atoms with Gasteiger partial charge in [0, 0.05) is 0 Å². The van der Waals surface area contributed by atoms with E-state index in [4.69, 9.17) is 4.74 Å². The summed E-state index contributed by atoms with van der Waals surface area (Å²) in [5.74, 6) is 0. The van der Waals surface area contributed by atoms with Gasteiger partial charge in [0.05, 0.1) is 11.4 Å². The van der Waals surface area contributed by atoms with Crippen molar-refractivity contribution in [3.05, 3.63) is 66.2 Å². The van der Waals surface area contributed by atoms with Crippen molar-refractivity contribution in [2.45, 2.75) is 16.9 Å². The van der Waals surface area contributed by atoms with Gasteiger partial charge in [-0.2, -0.15) is 0 Å². The minimum Gasteiger partial charge on any atom is -0.445 e. The molecule has 1 saturated heterocycles. The largest absolute Gasteiger partial charge is 0.445 e. The molecule has 1 aliphatic rings. The second-order valence-corrected chi connectivity index (χ2v) is 7.11. The molecule has 22 heavy (non-hydrogen) atoms. The fourth-order valence-corrected chi connectivity index (χ4v) is 3.78. The van der Waals surface area contributed by atoms with Crippen molar-refractivity contribution in [1.29, 1.82) is 0 Å². The van der Waals surface area contributed by atoms with Crippen molar-refractivity contribution < 1.29 is 17.9 Å². The van der Waals surface area contributed by atoms with E-state index in [-0.39, 0.29) is 18.0 Å². The maximum absolute atomic E-state index is 12.3. The first-order valence-corrected chi connectivity index (χ1v) is 8.40. The highest BCUT2D eigenvalue weighted by atomic mass is 32.2. The molecular weight excluding hydrogens is 302 g/mol. The lowest BCUT2D eigenvalue weighted by Crippen LogP contribution is -2.20. The van der Waals surface area contributed by atoms with Crippen LogP contribution in [0.3, 0.4) is 0 Å². The highest BCUT2D eigenvalue weighted by molar-refractivity contribution is 7.92. The van der Waals surface area contributed by atoms with Gasteiger partial charge < -0.3 is 4.74 Å². The Morgan fingerprint density at radius 2 is 1.64 bits per heavy atom. The fraction of sp³-hybridized carbons (Fsp3) is 0.188. The van der Waals surface area contributed by atoms with E-state index in [0.29, 0.717) is 0 Å². The average Bonchev–Trinajstić information content (AvgIpc) is 3.36. The number of ether oxygens (including phenoxy) is 1. The van der Waals surface area contributed by atoms with E-state index in [2.05, 4.69) is 0 Å². The molecule has 1 aliphatic heterocycles. The molecular formula is C16H15NO4S. The van der Waals surface area contributed by atoms with E-state index in [1.807, 2.05) is 30.3 Å². The van der Waals surface area contributed by atoms with Gasteiger partial charge in [-0.15, -0.1) is 0 Å². The first kappa shape index (κ1) is 14.6. The van der Waals surface area contributed by atoms with E-state index in [9.17, 15) is 13.2 Å². The summed E-state index contributed by atoms with van der Waals surface area (Å²) in [6, 6.07) is 17.4. The van der Waals surface area contributed by atoms with Gasteiger partial charge in [-0.3, -0.25) is 4.90 Å². The third-order valence-electron chi connectivity index (χ3n) is 3.44. The van der Waals surface area contributed by atoms with Crippen LogP contribution in [0.2, 0.25) is 0 Å². The van der Waals surface area contributed by atoms with Crippen LogP contribution in [0, 0.1) is 0 Å². The molecule has 0 aliphatic carbocycles. The molecule has 5 nitrogen and oxygen atoms in total. The van der Waals surface area contributed by atoms with E-state index in [1.54, 1.807) is 18.2 Å². The first-order chi connectivity index (χ1) is 10.6. The Balaban J connectivity index is 1.61. The summed E-state index contributed by atoms with van der Waals surface area (Å²) in [5, 5.41) is -0.821. The molecule has 1 amide bonds. The molecule has 1 unspecified atom stereocenters. The van der Waals surface area contributed by atoms with Crippen molar-refractivity contribution in [2.75, 3.05) is 6.54 Å². The quantitative estimate of drug-likeness (QED) is 0.813. The zero-order valence-electron chi connectivity index (χ0n) is 11.8. The number of benzene rings is 2. The molecule has 0 spiro atoms. The Hall–Kier alpha value is -2.34. The highest BCUT2D eigenvalue weighted by Gasteiger charge is 2.49. The zero-order valence-corrected chi connectivity index (χ0v) is 12.6. The van der Waals surface area contributed by atoms with Gasteiger partial charge in [0.25, 0.3) is 0 Å². The van der Waals surface area contributed by atoms with Crippen molar-refractivity contribution in [2.24, 2.45) is 0 Å². The summed E-state index contributed by atoms with van der Waals surface area (Å²) in [6.07, 6.45) is -0.603. The number of hydrogen-bond donors (Lipinski definition) is 0. The summed E-state index contributed by atoms with van der Waals surface area (Å²) in [4.78, 5) is 13.3. The van der Waals surface area contributed by atoms with Gasteiger partial charge in [-0.1, -0.05) is 48.5 Å². The van der Waals surface area contributed by atoms with Crippen LogP contribution in [0.15, 0.2) is 65.6 Å². The van der Waals surface area contributed by atoms with Crippen LogP contribution in [0.25, 0.3) is 0 Å². The zero-order chi connectivity index (χ0) is 15.6. The van der Waals surface area contributed by atoms with Crippen LogP contribution in [0.4, 0.5) is 4.79 Å². The van der Waals surface area contributed by atoms with Gasteiger partial charge in [-0.05, 0) is 17.7 Å². The SMILES string of the molecule is O=C(OCc1ccccc1)N1CC1S(=O)(=O)c1ccccc1. The molecule has 114 valence electrons. The smallest absolute Gasteiger partial charge is 0.411 e. The van der Waals surface area contributed by atoms with Crippen LogP contribution in [0.5, 0.6) is 0 Å². The van der Waals surface area contributed by atoms with E-state index in [1.165, 1.54) is 17.0 Å². The number of carbonyl (C=O) groups is 1. The van der Waals surface area contributed by atoms with Crippen molar-refractivity contribution in [3.63, 3.8) is 0 Å². The summed E-state index contributed by atoms with van der Waals surface area (Å²) in [5.41, 5.74) is 0.861. The Labute approximate surface area is 129 Å². The topological polar surface area (TPSA) is 63.5 Å². The highest BCUT2D eigenvalue weighted by Crippen LogP contribution is 2.30. The van der Waals surface area contributed by atoms with Gasteiger partial charge in [-0.25, -0.2) is 13.2 Å². The maximum atomic E-state index is 12.3. The Morgan fingerprint density at radius 1 is 1.05 bits per heavy atom. The minimum absolute atomic E-state index is 0.133. The van der Waals surface area contributed by atoms with E-state index < -0.39 is 21.3 Å². The van der Waals surface area contributed by atoms with Gasteiger partial charge in [0.2, 0.25) is 9.84 Å². The second-order valence-electron chi connectivity index (χ2n) is 5.01. The molecule has 0 aromatic heterocycles. The number of sulfone groups is 1. The number of rotatable bonds is 4. The first-order valence-electron chi connectivity index (χ1n) is 6.85. The number of carbonyl (C=O) groups excluding carboxylic acids is 1. The number of hydrogen-bond acceptors (Lipinski definition) is 4. The lowest BCUT2D eigenvalue weighted by atomic mass is 10.2. The van der Waals surface area contributed by atoms with E-state index in [0.717, 1.165) is 5.56 Å². The summed E-state index contributed by atoms with van der Waals surface area (Å²) < 4.78 is 29.8. The van der Waals surface area contributed by atoms with Crippen LogP contribution in [-0.4, -0.2) is 31.3 Å². The normalized spacial score (nSPS) is 17.1. The third-order valence-corrected chi connectivity index (χ3v) is 5.49. The average molecular weight is 317 g/mol. The van der Waals surface area contributed by atoms with E-state index >= 15 is 0 Å². The monoisotopic (exact) mass is 317 g/mol. The Morgan fingerprint density at radius 3 is 2.27 bits per heavy atom. The Bertz CT molecular complexity index is 759. The molecule has 1 fully saturated rings. The van der Waals surface area contributed by atoms with Crippen molar-refractivity contribution >= 4 is 15.9 Å². The van der Waals surface area contributed by atoms with Gasteiger partial charge >= 0.3 is 6.09 Å². The third kappa shape index (κ3) is 2.96. The minimum atomic E-state index is -3.52. The standard InChI is InChI=1S/C16H15NO4S/c18-16(21-12-13-7-3-1-4-8-13)17-11-15(17)22(19,20)14-9-5-2-6-10-14/h1-10,15H,11-12H2. The molecule has 2 aromatic rings. The predicted octanol–water partition coefficient (Wildman–Crippen LogP) is 2.44. The van der Waals surface area contributed by atoms with Crippen LogP contribution in [-0.2, 0) is 21.2 Å². The molecule has 3 rings (SSSR count). The maximum Gasteiger partial charge on any atom is 0.411 e. The van der Waals surface area contributed by atoms with Crippen LogP contribution < -0.4 is 0 Å². The second kappa shape index (κ2) is 5.81. The van der Waals surface area contributed by atoms with Gasteiger partial charge in [0.15, 0.2) is 5.37 Å². The van der Waals surface area contributed by atoms with Gasteiger partial charge in [0.1, 0.15) is 6.61 Å². The van der Waals surface area contributed by atoms with Crippen molar-refractivity contribution in [1.82, 2.24) is 4.90 Å². The van der Waals surface area contributed by atoms with Crippen LogP contribution in [0.1, 0.15) is 5.56 Å². The molecule has 1 heterocycles. The van der Waals surface area contributed by atoms with Crippen LogP contribution >= 0.6 is 0 Å². The fourth-order valence-electron chi connectivity index (χ4n) is 2.15. The Kier molecular flexibility index (Phi) is 3.85. The molecule has 2 aromatic carbocycles. The number of nitrogens with zero attached hydrogens (tertiary/aromatic N) is 1.